The third kappa shape index (κ3) is 6.67. The Hall–Kier alpha value is -4.65. The lowest BCUT2D eigenvalue weighted by Crippen LogP contribution is -2.50. The lowest BCUT2D eigenvalue weighted by atomic mass is 10.0. The average molecular weight is 556 g/mol. The first-order chi connectivity index (χ1) is 18.8. The molecule has 0 saturated carbocycles. The van der Waals surface area contributed by atoms with Crippen LogP contribution in [-0.4, -0.2) is 53.8 Å². The number of nitrogens with two attached hydrogens (primary N) is 1. The van der Waals surface area contributed by atoms with Gasteiger partial charge in [0, 0.05) is 47.0 Å². The molecule has 0 aliphatic rings. The van der Waals surface area contributed by atoms with Gasteiger partial charge < -0.3 is 26.1 Å². The van der Waals surface area contributed by atoms with Crippen LogP contribution in [0.3, 0.4) is 0 Å². The third-order valence-electron chi connectivity index (χ3n) is 6.13. The number of halogens is 3. The van der Waals surface area contributed by atoms with Gasteiger partial charge in [-0.2, -0.15) is 18.3 Å². The number of para-hydroxylation sites is 2. The summed E-state index contributed by atoms with van der Waals surface area (Å²) in [5, 5.41) is 20.0. The Morgan fingerprint density at radius 3 is 2.05 bits per heavy atom. The number of carboxylic acid groups (broad SMARTS) is 1. The summed E-state index contributed by atoms with van der Waals surface area (Å²) in [4.78, 5) is 33.0. The van der Waals surface area contributed by atoms with Crippen molar-refractivity contribution in [1.82, 2.24) is 30.5 Å². The maximum absolute atomic E-state index is 12.7. The van der Waals surface area contributed by atoms with E-state index in [1.54, 1.807) is 13.8 Å². The number of H-pyrrole nitrogens is 3. The van der Waals surface area contributed by atoms with Gasteiger partial charge in [-0.25, -0.2) is 9.78 Å². The second kappa shape index (κ2) is 11.2. The number of rotatable bonds is 7. The molecule has 210 valence electrons. The van der Waals surface area contributed by atoms with Gasteiger partial charge in [0.15, 0.2) is 5.82 Å². The van der Waals surface area contributed by atoms with Crippen LogP contribution < -0.4 is 11.1 Å². The largest absolute Gasteiger partial charge is 0.490 e. The average Bonchev–Trinajstić information content (AvgIpc) is 3.63. The van der Waals surface area contributed by atoms with Crippen molar-refractivity contribution < 1.29 is 27.9 Å². The highest BCUT2D eigenvalue weighted by Crippen LogP contribution is 2.25. The molecule has 0 aliphatic heterocycles. The van der Waals surface area contributed by atoms with Crippen LogP contribution in [0.15, 0.2) is 60.9 Å². The number of aliphatic carboxylic acids is 1. The minimum atomic E-state index is -5.08. The van der Waals surface area contributed by atoms with E-state index in [2.05, 4.69) is 37.6 Å². The predicted octanol–water partition coefficient (Wildman–Crippen LogP) is 4.13. The number of nitrogens with one attached hydrogen (secondary N) is 4. The van der Waals surface area contributed by atoms with E-state index in [4.69, 9.17) is 20.6 Å². The van der Waals surface area contributed by atoms with Crippen LogP contribution in [-0.2, 0) is 22.4 Å². The quantitative estimate of drug-likeness (QED) is 0.177. The first-order valence-electron chi connectivity index (χ1n) is 12.2. The predicted molar refractivity (Wildman–Crippen MR) is 142 cm³/mol. The molecule has 0 fully saturated rings. The number of benzene rings is 2. The van der Waals surface area contributed by atoms with Crippen molar-refractivity contribution >= 4 is 33.7 Å². The van der Waals surface area contributed by atoms with E-state index < -0.39 is 23.7 Å². The summed E-state index contributed by atoms with van der Waals surface area (Å²) in [6.45, 7) is 3.37. The molecule has 40 heavy (non-hydrogen) atoms. The van der Waals surface area contributed by atoms with Gasteiger partial charge in [-0.05, 0) is 37.1 Å². The van der Waals surface area contributed by atoms with E-state index >= 15 is 0 Å². The van der Waals surface area contributed by atoms with Crippen molar-refractivity contribution in [2.45, 2.75) is 44.4 Å². The van der Waals surface area contributed by atoms with Crippen molar-refractivity contribution in [2.24, 2.45) is 5.73 Å². The van der Waals surface area contributed by atoms with E-state index in [0.717, 1.165) is 38.8 Å². The van der Waals surface area contributed by atoms with E-state index in [0.29, 0.717) is 18.7 Å². The number of aromatic nitrogens is 5. The Labute approximate surface area is 226 Å². The van der Waals surface area contributed by atoms with Crippen LogP contribution >= 0.6 is 0 Å². The van der Waals surface area contributed by atoms with Gasteiger partial charge in [0.25, 0.3) is 0 Å². The molecule has 0 bridgehead atoms. The number of nitrogens with zero attached hydrogens (tertiary/aromatic N) is 2. The number of carboxylic acids is 1. The Morgan fingerprint density at radius 1 is 0.975 bits per heavy atom. The molecule has 0 saturated heterocycles. The van der Waals surface area contributed by atoms with Crippen molar-refractivity contribution in [1.29, 1.82) is 0 Å². The van der Waals surface area contributed by atoms with Gasteiger partial charge in [-0.1, -0.05) is 36.4 Å². The number of hydrogen-bond acceptors (Lipinski definition) is 5. The van der Waals surface area contributed by atoms with Gasteiger partial charge in [0.05, 0.1) is 11.6 Å². The number of carbonyl (C=O) groups excluding carboxylic acids is 1. The van der Waals surface area contributed by atoms with Crippen molar-refractivity contribution in [2.75, 3.05) is 0 Å². The molecule has 7 N–H and O–H groups in total. The number of carbonyl (C=O) groups is 2. The van der Waals surface area contributed by atoms with Crippen LogP contribution in [0.5, 0.6) is 0 Å². The van der Waals surface area contributed by atoms with Crippen molar-refractivity contribution in [3.8, 4) is 0 Å². The summed E-state index contributed by atoms with van der Waals surface area (Å²) in [7, 11) is 0. The van der Waals surface area contributed by atoms with E-state index in [1.807, 2.05) is 48.8 Å². The van der Waals surface area contributed by atoms with Crippen molar-refractivity contribution in [3.63, 3.8) is 0 Å². The fourth-order valence-corrected chi connectivity index (χ4v) is 4.07. The zero-order chi connectivity index (χ0) is 29.1. The minimum absolute atomic E-state index is 0.254. The summed E-state index contributed by atoms with van der Waals surface area (Å²) in [5.74, 6) is -1.74. The van der Waals surface area contributed by atoms with Gasteiger partial charge in [-0.15, -0.1) is 0 Å². The Bertz CT molecular complexity index is 1630. The van der Waals surface area contributed by atoms with E-state index in [-0.39, 0.29) is 5.91 Å². The molecule has 10 nitrogen and oxygen atoms in total. The fourth-order valence-electron chi connectivity index (χ4n) is 4.07. The maximum Gasteiger partial charge on any atom is 0.490 e. The molecule has 1 amide bonds. The monoisotopic (exact) mass is 555 g/mol. The molecule has 3 heterocycles. The molecule has 13 heteroatoms. The lowest BCUT2D eigenvalue weighted by Gasteiger charge is -2.22. The summed E-state index contributed by atoms with van der Waals surface area (Å²) in [6.07, 6.45) is 0.0231. The summed E-state index contributed by atoms with van der Waals surface area (Å²) >= 11 is 0. The highest BCUT2D eigenvalue weighted by Gasteiger charge is 2.38. The molecule has 0 aliphatic carbocycles. The van der Waals surface area contributed by atoms with E-state index in [9.17, 15) is 18.0 Å². The van der Waals surface area contributed by atoms with Gasteiger partial charge in [0.1, 0.15) is 5.82 Å². The molecular weight excluding hydrogens is 527 g/mol. The molecule has 3 aromatic heterocycles. The van der Waals surface area contributed by atoms with Crippen LogP contribution in [0, 0.1) is 0 Å². The molecule has 5 rings (SSSR count). The van der Waals surface area contributed by atoms with Crippen molar-refractivity contribution in [3.05, 3.63) is 83.7 Å². The third-order valence-corrected chi connectivity index (χ3v) is 6.13. The van der Waals surface area contributed by atoms with E-state index in [1.165, 1.54) is 0 Å². The Balaban J connectivity index is 0.000000470. The van der Waals surface area contributed by atoms with Crippen LogP contribution in [0.25, 0.3) is 21.8 Å². The summed E-state index contributed by atoms with van der Waals surface area (Å²) in [6, 6.07) is 15.8. The molecular formula is C27H28F3N7O3. The molecule has 2 aromatic carbocycles. The highest BCUT2D eigenvalue weighted by atomic mass is 19.4. The molecule has 5 aromatic rings. The van der Waals surface area contributed by atoms with Crippen LogP contribution in [0.4, 0.5) is 13.2 Å². The first-order valence-corrected chi connectivity index (χ1v) is 12.2. The number of fused-ring (bicyclic) bond motifs is 2. The van der Waals surface area contributed by atoms with Crippen LogP contribution in [0.1, 0.15) is 42.7 Å². The Kier molecular flexibility index (Phi) is 7.96. The minimum Gasteiger partial charge on any atom is -0.475 e. The topological polar surface area (TPSA) is 166 Å². The lowest BCUT2D eigenvalue weighted by molar-refractivity contribution is -0.192. The number of amides is 1. The molecule has 1 atom stereocenters. The molecule has 0 spiro atoms. The molecule has 0 unspecified atom stereocenters. The fraction of sp³-hybridized carbons (Fsp3) is 0.259. The first kappa shape index (κ1) is 28.4. The number of alkyl halides is 3. The number of hydrogen-bond donors (Lipinski definition) is 6. The Morgan fingerprint density at radius 2 is 1.50 bits per heavy atom. The van der Waals surface area contributed by atoms with Crippen LogP contribution in [0.2, 0.25) is 0 Å². The smallest absolute Gasteiger partial charge is 0.475 e. The van der Waals surface area contributed by atoms with Gasteiger partial charge in [0.2, 0.25) is 5.91 Å². The standard InChI is InChI=1S/C25H27N7O.C2HF3O2/c1-25(2,26)24(33)29-21(11-15-13-27-19-9-5-3-7-17(15)19)23-30-22(31-32-23)12-16-14-28-20-10-6-4-8-18(16)20;3-2(4,5)1(6)7/h3-10,13-14,21,27-28H,11-12,26H2,1-2H3,(H,29,33)(H,30,31,32);(H,6,7)/t21-;/m1./s1. The zero-order valence-corrected chi connectivity index (χ0v) is 21.6. The highest BCUT2D eigenvalue weighted by molar-refractivity contribution is 5.86. The molecule has 0 radical (unpaired) electrons. The second-order valence-electron chi connectivity index (χ2n) is 9.79. The normalized spacial score (nSPS) is 12.7. The zero-order valence-electron chi connectivity index (χ0n) is 21.6. The summed E-state index contributed by atoms with van der Waals surface area (Å²) in [5.41, 5.74) is 9.38. The maximum atomic E-state index is 12.7. The second-order valence-corrected chi connectivity index (χ2v) is 9.79. The SMILES string of the molecule is CC(C)(N)C(=O)N[C@H](Cc1c[nH]c2ccccc12)c1n[nH]c(Cc2c[nH]c3ccccc23)n1.O=C(O)C(F)(F)F. The van der Waals surface area contributed by atoms with Gasteiger partial charge >= 0.3 is 12.1 Å². The number of aromatic amines is 3. The van der Waals surface area contributed by atoms with Gasteiger partial charge in [-0.3, -0.25) is 9.89 Å². The summed E-state index contributed by atoms with van der Waals surface area (Å²) < 4.78 is 31.7.